The van der Waals surface area contributed by atoms with Gasteiger partial charge in [-0.3, -0.25) is 14.7 Å². The van der Waals surface area contributed by atoms with Crippen LogP contribution >= 0.6 is 11.6 Å². The summed E-state index contributed by atoms with van der Waals surface area (Å²) in [4.78, 5) is 31.0. The fourth-order valence-electron chi connectivity index (χ4n) is 3.80. The lowest BCUT2D eigenvalue weighted by Crippen LogP contribution is -2.48. The molecule has 5 nitrogen and oxygen atoms in total. The van der Waals surface area contributed by atoms with Crippen LogP contribution in [0.1, 0.15) is 37.7 Å². The van der Waals surface area contributed by atoms with E-state index < -0.39 is 5.54 Å². The number of nitrogens with one attached hydrogen (secondary N) is 1. The van der Waals surface area contributed by atoms with Crippen LogP contribution in [0, 0.1) is 0 Å². The molecule has 1 saturated heterocycles. The van der Waals surface area contributed by atoms with Crippen LogP contribution in [0.2, 0.25) is 5.02 Å². The van der Waals surface area contributed by atoms with Crippen LogP contribution in [-0.2, 0) is 11.3 Å². The molecule has 24 heavy (non-hydrogen) atoms. The molecule has 1 aromatic heterocycles. The number of aromatic nitrogens is 1. The van der Waals surface area contributed by atoms with E-state index in [2.05, 4.69) is 10.3 Å². The predicted octanol–water partition coefficient (Wildman–Crippen LogP) is 3.64. The summed E-state index contributed by atoms with van der Waals surface area (Å²) in [5, 5.41) is 4.39. The second kappa shape index (κ2) is 5.74. The van der Waals surface area contributed by atoms with Crippen molar-refractivity contribution in [2.24, 2.45) is 0 Å². The second-order valence-electron chi connectivity index (χ2n) is 6.57. The molecular weight excluding hydrogens is 326 g/mol. The van der Waals surface area contributed by atoms with Gasteiger partial charge in [-0.25, -0.2) is 4.79 Å². The smallest absolute Gasteiger partial charge is 0.323 e. The van der Waals surface area contributed by atoms with Crippen molar-refractivity contribution in [2.45, 2.75) is 44.2 Å². The lowest BCUT2D eigenvalue weighted by molar-refractivity contribution is -0.132. The maximum atomic E-state index is 12.9. The lowest BCUT2D eigenvalue weighted by Gasteiger charge is -2.30. The summed E-state index contributed by atoms with van der Waals surface area (Å²) < 4.78 is 0. The van der Waals surface area contributed by atoms with Crippen molar-refractivity contribution in [3.05, 3.63) is 41.0 Å². The van der Waals surface area contributed by atoms with Gasteiger partial charge in [0.2, 0.25) is 0 Å². The minimum Gasteiger partial charge on any atom is -0.323 e. The average Bonchev–Trinajstić information content (AvgIpc) is 2.82. The molecule has 0 bridgehead atoms. The molecule has 1 aromatic carbocycles. The molecule has 1 N–H and O–H groups in total. The molecule has 0 unspecified atom stereocenters. The molecule has 0 radical (unpaired) electrons. The SMILES string of the molecule is O=C1NC2(CCCCC2)C(=O)N1Cc1c(Cl)ccc2cccnc12. The number of pyridine rings is 1. The molecule has 3 amide bonds. The van der Waals surface area contributed by atoms with Gasteiger partial charge in [-0.15, -0.1) is 0 Å². The average molecular weight is 344 g/mol. The number of amides is 3. The van der Waals surface area contributed by atoms with Crippen LogP contribution in [0.4, 0.5) is 4.79 Å². The highest BCUT2D eigenvalue weighted by molar-refractivity contribution is 6.32. The number of nitrogens with zero attached hydrogens (tertiary/aromatic N) is 2. The number of halogens is 1. The number of carbonyl (C=O) groups excluding carboxylic acids is 2. The Morgan fingerprint density at radius 1 is 1.17 bits per heavy atom. The van der Waals surface area contributed by atoms with E-state index in [9.17, 15) is 9.59 Å². The molecule has 124 valence electrons. The van der Waals surface area contributed by atoms with Gasteiger partial charge in [-0.1, -0.05) is 43.0 Å². The summed E-state index contributed by atoms with van der Waals surface area (Å²) in [5.41, 5.74) is 0.737. The fraction of sp³-hybridized carbons (Fsp3) is 0.389. The third-order valence-corrected chi connectivity index (χ3v) is 5.45. The maximum absolute atomic E-state index is 12.9. The first-order chi connectivity index (χ1) is 11.6. The van der Waals surface area contributed by atoms with Crippen molar-refractivity contribution in [2.75, 3.05) is 0 Å². The molecule has 1 aliphatic carbocycles. The molecule has 2 heterocycles. The minimum absolute atomic E-state index is 0.129. The van der Waals surface area contributed by atoms with Gasteiger partial charge in [0.1, 0.15) is 5.54 Å². The first-order valence-electron chi connectivity index (χ1n) is 8.27. The van der Waals surface area contributed by atoms with Gasteiger partial charge < -0.3 is 5.32 Å². The molecule has 2 aliphatic rings. The molecule has 1 aliphatic heterocycles. The number of urea groups is 1. The normalized spacial score (nSPS) is 20.0. The van der Waals surface area contributed by atoms with Crippen molar-refractivity contribution in [3.8, 4) is 0 Å². The van der Waals surface area contributed by atoms with Crippen molar-refractivity contribution in [3.63, 3.8) is 0 Å². The van der Waals surface area contributed by atoms with E-state index in [1.165, 1.54) is 4.90 Å². The summed E-state index contributed by atoms with van der Waals surface area (Å²) >= 11 is 6.34. The van der Waals surface area contributed by atoms with E-state index in [0.717, 1.165) is 43.0 Å². The number of benzene rings is 1. The zero-order chi connectivity index (χ0) is 16.7. The molecule has 1 saturated carbocycles. The largest absolute Gasteiger partial charge is 0.325 e. The van der Waals surface area contributed by atoms with E-state index in [1.54, 1.807) is 12.3 Å². The zero-order valence-electron chi connectivity index (χ0n) is 13.2. The molecule has 2 aromatic rings. The Labute approximate surface area is 145 Å². The van der Waals surface area contributed by atoms with E-state index >= 15 is 0 Å². The highest BCUT2D eigenvalue weighted by Gasteiger charge is 2.51. The van der Waals surface area contributed by atoms with Crippen molar-refractivity contribution < 1.29 is 9.59 Å². The maximum Gasteiger partial charge on any atom is 0.325 e. The Kier molecular flexibility index (Phi) is 3.68. The Balaban J connectivity index is 1.70. The van der Waals surface area contributed by atoms with Crippen molar-refractivity contribution >= 4 is 34.4 Å². The highest BCUT2D eigenvalue weighted by atomic mass is 35.5. The zero-order valence-corrected chi connectivity index (χ0v) is 14.0. The predicted molar refractivity (Wildman–Crippen MR) is 91.7 cm³/mol. The van der Waals surface area contributed by atoms with Gasteiger partial charge in [0.25, 0.3) is 5.91 Å². The van der Waals surface area contributed by atoms with Crippen LogP contribution in [-0.4, -0.2) is 27.4 Å². The van der Waals surface area contributed by atoms with E-state index in [1.807, 2.05) is 18.2 Å². The van der Waals surface area contributed by atoms with Gasteiger partial charge in [0, 0.05) is 22.2 Å². The van der Waals surface area contributed by atoms with Gasteiger partial charge in [0.05, 0.1) is 12.1 Å². The fourth-order valence-corrected chi connectivity index (χ4v) is 4.02. The summed E-state index contributed by atoms with van der Waals surface area (Å²) in [5.74, 6) is -0.129. The summed E-state index contributed by atoms with van der Waals surface area (Å²) in [6, 6.07) is 7.14. The first-order valence-corrected chi connectivity index (χ1v) is 8.65. The Bertz CT molecular complexity index is 830. The van der Waals surface area contributed by atoms with Crippen LogP contribution in [0.15, 0.2) is 30.5 Å². The Morgan fingerprint density at radius 2 is 1.96 bits per heavy atom. The van der Waals surface area contributed by atoms with Crippen molar-refractivity contribution in [1.82, 2.24) is 15.2 Å². The number of carbonyl (C=O) groups is 2. The molecule has 1 spiro atoms. The third-order valence-electron chi connectivity index (χ3n) is 5.09. The van der Waals surface area contributed by atoms with Crippen molar-refractivity contribution in [1.29, 1.82) is 0 Å². The summed E-state index contributed by atoms with van der Waals surface area (Å²) in [6.07, 6.45) is 6.18. The van der Waals surface area contributed by atoms with Crippen LogP contribution in [0.3, 0.4) is 0 Å². The topological polar surface area (TPSA) is 62.3 Å². The monoisotopic (exact) mass is 343 g/mol. The standard InChI is InChI=1S/C18H18ClN3O2/c19-14-7-6-12-5-4-10-20-15(12)13(14)11-22-16(23)18(21-17(22)24)8-2-1-3-9-18/h4-7,10H,1-3,8-9,11H2,(H,21,24). The molecule has 6 heteroatoms. The Hall–Kier alpha value is -2.14. The highest BCUT2D eigenvalue weighted by Crippen LogP contribution is 2.35. The summed E-state index contributed by atoms with van der Waals surface area (Å²) in [6.45, 7) is 0.152. The number of imide groups is 1. The van der Waals surface area contributed by atoms with Crippen LogP contribution < -0.4 is 5.32 Å². The van der Waals surface area contributed by atoms with E-state index in [-0.39, 0.29) is 18.5 Å². The van der Waals surface area contributed by atoms with Gasteiger partial charge in [-0.2, -0.15) is 0 Å². The number of hydrogen-bond donors (Lipinski definition) is 1. The molecule has 2 fully saturated rings. The first kappa shape index (κ1) is 15.4. The second-order valence-corrected chi connectivity index (χ2v) is 6.97. The van der Waals surface area contributed by atoms with E-state index in [0.29, 0.717) is 10.6 Å². The molecule has 4 rings (SSSR count). The molecule has 0 atom stereocenters. The number of hydrogen-bond acceptors (Lipinski definition) is 3. The van der Waals surface area contributed by atoms with Crippen LogP contribution in [0.25, 0.3) is 10.9 Å². The minimum atomic E-state index is -0.709. The van der Waals surface area contributed by atoms with Gasteiger partial charge >= 0.3 is 6.03 Å². The quantitative estimate of drug-likeness (QED) is 0.847. The Morgan fingerprint density at radius 3 is 2.75 bits per heavy atom. The number of fused-ring (bicyclic) bond motifs is 1. The van der Waals surface area contributed by atoms with Crippen LogP contribution in [0.5, 0.6) is 0 Å². The molecular formula is C18H18ClN3O2. The third kappa shape index (κ3) is 2.35. The van der Waals surface area contributed by atoms with Gasteiger partial charge in [0.15, 0.2) is 0 Å². The number of rotatable bonds is 2. The lowest BCUT2D eigenvalue weighted by atomic mass is 9.82. The van der Waals surface area contributed by atoms with E-state index in [4.69, 9.17) is 11.6 Å². The van der Waals surface area contributed by atoms with Gasteiger partial charge in [-0.05, 0) is 25.0 Å². The summed E-state index contributed by atoms with van der Waals surface area (Å²) in [7, 11) is 0.